The van der Waals surface area contributed by atoms with Gasteiger partial charge in [-0.3, -0.25) is 4.79 Å². The van der Waals surface area contributed by atoms with E-state index in [0.29, 0.717) is 0 Å². The lowest BCUT2D eigenvalue weighted by Crippen LogP contribution is -2.56. The molecule has 0 aliphatic carbocycles. The number of hydrogen-bond acceptors (Lipinski definition) is 3. The number of alkyl halides is 3. The van der Waals surface area contributed by atoms with Gasteiger partial charge in [-0.05, 0) is 44.9 Å². The fourth-order valence-electron chi connectivity index (χ4n) is 2.98. The van der Waals surface area contributed by atoms with Crippen molar-refractivity contribution in [3.05, 3.63) is 35.4 Å². The number of halogens is 5. The van der Waals surface area contributed by atoms with E-state index in [1.54, 1.807) is 20.8 Å². The Labute approximate surface area is 158 Å². The molecule has 0 spiro atoms. The molecule has 0 bridgehead atoms. The smallest absolute Gasteiger partial charge is 0.444 e. The van der Waals surface area contributed by atoms with Crippen molar-refractivity contribution in [3.8, 4) is 0 Å². The highest BCUT2D eigenvalue weighted by Gasteiger charge is 2.43. The van der Waals surface area contributed by atoms with E-state index in [9.17, 15) is 31.5 Å². The summed E-state index contributed by atoms with van der Waals surface area (Å²) in [5.74, 6) is -5.14. The Morgan fingerprint density at radius 2 is 1.79 bits per heavy atom. The number of hydrogen-bond donors (Lipinski definition) is 1. The maximum absolute atomic E-state index is 13.6. The Balaban J connectivity index is 2.26. The van der Waals surface area contributed by atoms with Crippen LogP contribution >= 0.6 is 0 Å². The quantitative estimate of drug-likeness (QED) is 0.759. The van der Waals surface area contributed by atoms with Gasteiger partial charge in [0.05, 0.1) is 6.04 Å². The topological polar surface area (TPSA) is 58.6 Å². The molecule has 1 aromatic rings. The first-order valence-corrected chi connectivity index (χ1v) is 8.58. The third kappa shape index (κ3) is 5.56. The molecule has 2 amide bonds. The van der Waals surface area contributed by atoms with Gasteiger partial charge in [0.15, 0.2) is 11.6 Å². The minimum absolute atomic E-state index is 0.122. The van der Waals surface area contributed by atoms with E-state index in [0.717, 1.165) is 12.1 Å². The predicted octanol–water partition coefficient (Wildman–Crippen LogP) is 3.74. The molecular formula is C18H21F5N2O3. The molecule has 10 heteroatoms. The summed E-state index contributed by atoms with van der Waals surface area (Å²) in [6.07, 6.45) is -5.72. The second kappa shape index (κ2) is 7.92. The average molecular weight is 408 g/mol. The van der Waals surface area contributed by atoms with Crippen molar-refractivity contribution < 1.29 is 36.3 Å². The van der Waals surface area contributed by atoms with Crippen molar-refractivity contribution in [2.24, 2.45) is 0 Å². The van der Waals surface area contributed by atoms with Gasteiger partial charge >= 0.3 is 18.2 Å². The molecule has 1 aliphatic rings. The fourth-order valence-corrected chi connectivity index (χ4v) is 2.98. The zero-order chi connectivity index (χ0) is 21.3. The highest BCUT2D eigenvalue weighted by Crippen LogP contribution is 2.31. The van der Waals surface area contributed by atoms with Crippen LogP contribution in [0.5, 0.6) is 0 Å². The molecule has 1 N–H and O–H groups in total. The van der Waals surface area contributed by atoms with Gasteiger partial charge in [-0.25, -0.2) is 13.6 Å². The van der Waals surface area contributed by atoms with Gasteiger partial charge in [-0.1, -0.05) is 6.07 Å². The van der Waals surface area contributed by atoms with E-state index in [-0.39, 0.29) is 25.1 Å². The van der Waals surface area contributed by atoms with Crippen molar-refractivity contribution in [1.82, 2.24) is 10.2 Å². The predicted molar refractivity (Wildman–Crippen MR) is 89.5 cm³/mol. The first kappa shape index (κ1) is 21.9. The number of likely N-dealkylation sites (tertiary alicyclic amines) is 1. The number of carbonyl (C=O) groups excluding carboxylic acids is 2. The second-order valence-electron chi connectivity index (χ2n) is 7.57. The number of benzene rings is 1. The highest BCUT2D eigenvalue weighted by atomic mass is 19.4. The molecule has 0 unspecified atom stereocenters. The molecule has 156 valence electrons. The molecule has 28 heavy (non-hydrogen) atoms. The normalized spacial score (nSPS) is 20.6. The fraction of sp³-hybridized carbons (Fsp3) is 0.556. The lowest BCUT2D eigenvalue weighted by Gasteiger charge is -2.39. The Morgan fingerprint density at radius 3 is 2.32 bits per heavy atom. The van der Waals surface area contributed by atoms with Gasteiger partial charge in [-0.2, -0.15) is 13.2 Å². The first-order valence-electron chi connectivity index (χ1n) is 8.58. The van der Waals surface area contributed by atoms with Gasteiger partial charge in [0.2, 0.25) is 0 Å². The molecule has 0 radical (unpaired) electrons. The molecule has 1 heterocycles. The van der Waals surface area contributed by atoms with Gasteiger partial charge < -0.3 is 15.0 Å². The number of amides is 2. The number of carbonyl (C=O) groups is 2. The minimum Gasteiger partial charge on any atom is -0.444 e. The standard InChI is InChI=1S/C18H21F5N2O3/c1-17(2,3)28-16(27)25-7-6-11(10-4-5-12(19)13(20)8-10)14(9-25)24-15(26)18(21,22)23/h4-5,8,11,14H,6-7,9H2,1-3H3,(H,24,26)/t11-,14-/m0/s1. The van der Waals surface area contributed by atoms with Crippen LogP contribution in [0, 0.1) is 11.6 Å². The summed E-state index contributed by atoms with van der Waals surface area (Å²) in [5, 5.41) is 1.86. The molecule has 1 aromatic carbocycles. The summed E-state index contributed by atoms with van der Waals surface area (Å²) in [7, 11) is 0. The second-order valence-corrected chi connectivity index (χ2v) is 7.57. The summed E-state index contributed by atoms with van der Waals surface area (Å²) in [6, 6.07) is 1.85. The van der Waals surface area contributed by atoms with Crippen LogP contribution in [-0.4, -0.2) is 47.8 Å². The molecule has 0 saturated carbocycles. The zero-order valence-corrected chi connectivity index (χ0v) is 15.6. The largest absolute Gasteiger partial charge is 0.471 e. The van der Waals surface area contributed by atoms with Gasteiger partial charge in [-0.15, -0.1) is 0 Å². The summed E-state index contributed by atoms with van der Waals surface area (Å²) in [4.78, 5) is 24.9. The Hall–Kier alpha value is -2.39. The van der Waals surface area contributed by atoms with E-state index in [1.165, 1.54) is 11.0 Å². The third-order valence-corrected chi connectivity index (χ3v) is 4.21. The Bertz CT molecular complexity index is 746. The van der Waals surface area contributed by atoms with Crippen LogP contribution in [0.25, 0.3) is 0 Å². The third-order valence-electron chi connectivity index (χ3n) is 4.21. The maximum Gasteiger partial charge on any atom is 0.471 e. The number of nitrogens with zero attached hydrogens (tertiary/aromatic N) is 1. The highest BCUT2D eigenvalue weighted by molar-refractivity contribution is 5.82. The van der Waals surface area contributed by atoms with Crippen LogP contribution in [0.15, 0.2) is 18.2 Å². The number of ether oxygens (including phenoxy) is 1. The summed E-state index contributed by atoms with van der Waals surface area (Å²) < 4.78 is 70.1. The van der Waals surface area contributed by atoms with Crippen molar-refractivity contribution >= 4 is 12.0 Å². The van der Waals surface area contributed by atoms with Crippen LogP contribution in [0.4, 0.5) is 26.7 Å². The van der Waals surface area contributed by atoms with Crippen molar-refractivity contribution in [2.75, 3.05) is 13.1 Å². The summed E-state index contributed by atoms with van der Waals surface area (Å²) >= 11 is 0. The number of rotatable bonds is 2. The molecule has 2 rings (SSSR count). The van der Waals surface area contributed by atoms with E-state index in [4.69, 9.17) is 4.74 Å². The van der Waals surface area contributed by atoms with Crippen molar-refractivity contribution in [3.63, 3.8) is 0 Å². The van der Waals surface area contributed by atoms with Crippen molar-refractivity contribution in [2.45, 2.75) is 50.9 Å². The molecule has 2 atom stereocenters. The molecule has 1 fully saturated rings. The minimum atomic E-state index is -5.12. The van der Waals surface area contributed by atoms with E-state index in [1.807, 2.05) is 5.32 Å². The average Bonchev–Trinajstić information content (AvgIpc) is 2.55. The molecule has 1 aliphatic heterocycles. The van der Waals surface area contributed by atoms with Crippen LogP contribution in [0.3, 0.4) is 0 Å². The lowest BCUT2D eigenvalue weighted by atomic mass is 9.85. The molecule has 0 aromatic heterocycles. The SMILES string of the molecule is CC(C)(C)OC(=O)N1CC[C@@H](c2ccc(F)c(F)c2)[C@@H](NC(=O)C(F)(F)F)C1. The summed E-state index contributed by atoms with van der Waals surface area (Å²) in [6.45, 7) is 4.78. The van der Waals surface area contributed by atoms with Crippen LogP contribution in [-0.2, 0) is 9.53 Å². The zero-order valence-electron chi connectivity index (χ0n) is 15.6. The first-order chi connectivity index (χ1) is 12.8. The van der Waals surface area contributed by atoms with Crippen LogP contribution < -0.4 is 5.32 Å². The monoisotopic (exact) mass is 408 g/mol. The maximum atomic E-state index is 13.6. The van der Waals surface area contributed by atoms with E-state index in [2.05, 4.69) is 0 Å². The molecule has 5 nitrogen and oxygen atoms in total. The Kier molecular flexibility index (Phi) is 6.20. The van der Waals surface area contributed by atoms with Gasteiger partial charge in [0.25, 0.3) is 0 Å². The lowest BCUT2D eigenvalue weighted by molar-refractivity contribution is -0.174. The van der Waals surface area contributed by atoms with Crippen molar-refractivity contribution in [1.29, 1.82) is 0 Å². The van der Waals surface area contributed by atoms with Crippen LogP contribution in [0.1, 0.15) is 38.7 Å². The number of nitrogens with one attached hydrogen (secondary N) is 1. The summed E-state index contributed by atoms with van der Waals surface area (Å²) in [5.41, 5.74) is -0.575. The van der Waals surface area contributed by atoms with Crippen LogP contribution in [0.2, 0.25) is 0 Å². The van der Waals surface area contributed by atoms with E-state index < -0.39 is 47.4 Å². The molecular weight excluding hydrogens is 387 g/mol. The molecule has 1 saturated heterocycles. The van der Waals surface area contributed by atoms with Gasteiger partial charge in [0.1, 0.15) is 5.60 Å². The van der Waals surface area contributed by atoms with E-state index >= 15 is 0 Å². The Morgan fingerprint density at radius 1 is 1.14 bits per heavy atom. The van der Waals surface area contributed by atoms with Gasteiger partial charge in [0, 0.05) is 19.0 Å². The number of piperidine rings is 1.